The summed E-state index contributed by atoms with van der Waals surface area (Å²) in [4.78, 5) is 5.39. The van der Waals surface area contributed by atoms with E-state index in [1.54, 1.807) is 21.6 Å². The van der Waals surface area contributed by atoms with Crippen LogP contribution < -0.4 is 0 Å². The fourth-order valence-corrected chi connectivity index (χ4v) is 1.81. The van der Waals surface area contributed by atoms with Crippen LogP contribution in [0.15, 0.2) is 16.1 Å². The molecule has 0 saturated heterocycles. The molecule has 1 aliphatic rings. The van der Waals surface area contributed by atoms with E-state index in [-0.39, 0.29) is 0 Å². The molecule has 44 valence electrons. The summed E-state index contributed by atoms with van der Waals surface area (Å²) in [6, 6.07) is 0. The zero-order valence-electron chi connectivity index (χ0n) is 4.84. The molecule has 0 aromatic carbocycles. The highest BCUT2D eigenvalue weighted by Crippen LogP contribution is 2.33. The molecule has 1 rings (SSSR count). The van der Waals surface area contributed by atoms with Crippen molar-refractivity contribution in [3.8, 4) is 0 Å². The lowest BCUT2D eigenvalue weighted by atomic mass is 10.7. The first kappa shape index (κ1) is 6.23. The molecule has 0 bridgehead atoms. The van der Waals surface area contributed by atoms with E-state index in [4.69, 9.17) is 0 Å². The van der Waals surface area contributed by atoms with Crippen LogP contribution in [0.3, 0.4) is 0 Å². The average Bonchev–Trinajstić information content (AvgIpc) is 1.77. The Kier molecular flexibility index (Phi) is 2.02. The van der Waals surface area contributed by atoms with Gasteiger partial charge in [-0.1, -0.05) is 10.8 Å². The quantitative estimate of drug-likeness (QED) is 0.486. The SMILES string of the molecule is CC1=CN=C(C)SS1. The Morgan fingerprint density at radius 3 is 2.50 bits per heavy atom. The summed E-state index contributed by atoms with van der Waals surface area (Å²) in [7, 11) is 3.50. The van der Waals surface area contributed by atoms with Crippen LogP contribution in [0, 0.1) is 0 Å². The van der Waals surface area contributed by atoms with Crippen molar-refractivity contribution in [2.24, 2.45) is 4.99 Å². The monoisotopic (exact) mass is 145 g/mol. The van der Waals surface area contributed by atoms with Crippen LogP contribution in [0.5, 0.6) is 0 Å². The molecule has 0 radical (unpaired) electrons. The van der Waals surface area contributed by atoms with E-state index in [0.29, 0.717) is 0 Å². The number of allylic oxidation sites excluding steroid dienone is 1. The highest BCUT2D eigenvalue weighted by atomic mass is 33.1. The molecule has 1 nitrogen and oxygen atoms in total. The first-order chi connectivity index (χ1) is 3.79. The third-order valence-electron chi connectivity index (χ3n) is 0.722. The van der Waals surface area contributed by atoms with Crippen molar-refractivity contribution in [1.29, 1.82) is 0 Å². The maximum atomic E-state index is 4.11. The summed E-state index contributed by atoms with van der Waals surface area (Å²) in [5.74, 6) is 0. The van der Waals surface area contributed by atoms with Crippen molar-refractivity contribution >= 4 is 26.6 Å². The van der Waals surface area contributed by atoms with Crippen molar-refractivity contribution in [3.05, 3.63) is 11.1 Å². The lowest BCUT2D eigenvalue weighted by molar-refractivity contribution is 1.50. The first-order valence-electron chi connectivity index (χ1n) is 2.35. The van der Waals surface area contributed by atoms with E-state index in [9.17, 15) is 0 Å². The molecule has 3 heteroatoms. The molecular weight excluding hydrogens is 138 g/mol. The van der Waals surface area contributed by atoms with Crippen molar-refractivity contribution < 1.29 is 0 Å². The summed E-state index contributed by atoms with van der Waals surface area (Å²) in [5, 5.41) is 1.14. The molecule has 1 heterocycles. The number of hydrogen-bond donors (Lipinski definition) is 0. The van der Waals surface area contributed by atoms with Crippen LogP contribution >= 0.6 is 21.6 Å². The van der Waals surface area contributed by atoms with E-state index in [1.165, 1.54) is 4.91 Å². The van der Waals surface area contributed by atoms with Gasteiger partial charge in [-0.2, -0.15) is 0 Å². The number of rotatable bonds is 0. The molecule has 0 spiro atoms. The zero-order valence-corrected chi connectivity index (χ0v) is 6.47. The summed E-state index contributed by atoms with van der Waals surface area (Å²) in [6.07, 6.45) is 1.90. The number of hydrogen-bond acceptors (Lipinski definition) is 3. The predicted molar refractivity (Wildman–Crippen MR) is 42.0 cm³/mol. The Hall–Kier alpha value is 0.110. The summed E-state index contributed by atoms with van der Waals surface area (Å²) < 4.78 is 0. The molecular formula is C5H7NS2. The van der Waals surface area contributed by atoms with Crippen LogP contribution in [-0.2, 0) is 0 Å². The molecule has 0 fully saturated rings. The van der Waals surface area contributed by atoms with E-state index < -0.39 is 0 Å². The van der Waals surface area contributed by atoms with Gasteiger partial charge in [-0.15, -0.1) is 0 Å². The second kappa shape index (κ2) is 2.60. The van der Waals surface area contributed by atoms with Crippen LogP contribution in [0.4, 0.5) is 0 Å². The average molecular weight is 145 g/mol. The maximum Gasteiger partial charge on any atom is 0.0810 e. The van der Waals surface area contributed by atoms with Gasteiger partial charge in [0.2, 0.25) is 0 Å². The highest BCUT2D eigenvalue weighted by molar-refractivity contribution is 8.83. The van der Waals surface area contributed by atoms with Gasteiger partial charge in [0.05, 0.1) is 5.04 Å². The van der Waals surface area contributed by atoms with E-state index in [1.807, 2.05) is 13.1 Å². The summed E-state index contributed by atoms with van der Waals surface area (Å²) in [5.41, 5.74) is 0. The Morgan fingerprint density at radius 2 is 2.12 bits per heavy atom. The molecule has 0 N–H and O–H groups in total. The molecule has 0 aromatic heterocycles. The van der Waals surface area contributed by atoms with Gasteiger partial charge in [-0.25, -0.2) is 0 Å². The number of nitrogens with zero attached hydrogens (tertiary/aromatic N) is 1. The first-order valence-corrected chi connectivity index (χ1v) is 4.50. The van der Waals surface area contributed by atoms with Crippen molar-refractivity contribution in [2.75, 3.05) is 0 Å². The Balaban J connectivity index is 2.65. The summed E-state index contributed by atoms with van der Waals surface area (Å²) >= 11 is 0. The molecule has 0 unspecified atom stereocenters. The minimum atomic E-state index is 1.14. The maximum absolute atomic E-state index is 4.11. The molecule has 0 aromatic rings. The smallest absolute Gasteiger partial charge is 0.0810 e. The fraction of sp³-hybridized carbons (Fsp3) is 0.400. The van der Waals surface area contributed by atoms with E-state index in [0.717, 1.165) is 5.04 Å². The van der Waals surface area contributed by atoms with Gasteiger partial charge in [0.25, 0.3) is 0 Å². The largest absolute Gasteiger partial charge is 0.253 e. The zero-order chi connectivity index (χ0) is 5.98. The molecule has 0 amide bonds. The van der Waals surface area contributed by atoms with Crippen LogP contribution in [-0.4, -0.2) is 5.04 Å². The molecule has 0 atom stereocenters. The Bertz CT molecular complexity index is 131. The minimum absolute atomic E-state index is 1.14. The standard InChI is InChI=1S/C5H7NS2/c1-4-3-6-5(2)8-7-4/h3H,1-2H3. The minimum Gasteiger partial charge on any atom is -0.253 e. The molecule has 1 aliphatic heterocycles. The normalized spacial score (nSPS) is 19.8. The summed E-state index contributed by atoms with van der Waals surface area (Å²) in [6.45, 7) is 4.08. The second-order valence-corrected chi connectivity index (χ2v) is 4.12. The fourth-order valence-electron chi connectivity index (χ4n) is 0.351. The second-order valence-electron chi connectivity index (χ2n) is 1.55. The highest BCUT2D eigenvalue weighted by Gasteiger charge is 1.99. The molecule has 0 saturated carbocycles. The van der Waals surface area contributed by atoms with E-state index >= 15 is 0 Å². The lowest BCUT2D eigenvalue weighted by Gasteiger charge is -2.02. The van der Waals surface area contributed by atoms with Gasteiger partial charge in [-0.3, -0.25) is 4.99 Å². The Labute approximate surface area is 57.0 Å². The third kappa shape index (κ3) is 1.56. The number of aliphatic imine (C=N–C) groups is 1. The Morgan fingerprint density at radius 1 is 1.38 bits per heavy atom. The van der Waals surface area contributed by atoms with Crippen LogP contribution in [0.1, 0.15) is 13.8 Å². The van der Waals surface area contributed by atoms with Gasteiger partial charge in [0.1, 0.15) is 0 Å². The van der Waals surface area contributed by atoms with Gasteiger partial charge in [-0.05, 0) is 24.6 Å². The van der Waals surface area contributed by atoms with Crippen LogP contribution in [0.25, 0.3) is 0 Å². The van der Waals surface area contributed by atoms with Gasteiger partial charge >= 0.3 is 0 Å². The van der Waals surface area contributed by atoms with Gasteiger partial charge in [0.15, 0.2) is 0 Å². The van der Waals surface area contributed by atoms with Crippen molar-refractivity contribution in [1.82, 2.24) is 0 Å². The van der Waals surface area contributed by atoms with Crippen LogP contribution in [0.2, 0.25) is 0 Å². The van der Waals surface area contributed by atoms with Gasteiger partial charge in [0, 0.05) is 11.1 Å². The van der Waals surface area contributed by atoms with Gasteiger partial charge < -0.3 is 0 Å². The molecule has 8 heavy (non-hydrogen) atoms. The predicted octanol–water partition coefficient (Wildman–Crippen LogP) is 2.66. The lowest BCUT2D eigenvalue weighted by Crippen LogP contribution is -1.82. The molecule has 0 aliphatic carbocycles. The topological polar surface area (TPSA) is 12.4 Å². The third-order valence-corrected chi connectivity index (χ3v) is 3.28. The van der Waals surface area contributed by atoms with Crippen molar-refractivity contribution in [3.63, 3.8) is 0 Å². The van der Waals surface area contributed by atoms with E-state index in [2.05, 4.69) is 11.9 Å². The van der Waals surface area contributed by atoms with Crippen molar-refractivity contribution in [2.45, 2.75) is 13.8 Å².